The fourth-order valence-electron chi connectivity index (χ4n) is 2.02. The van der Waals surface area contributed by atoms with Crippen molar-refractivity contribution in [2.24, 2.45) is 5.92 Å². The fraction of sp³-hybridized carbons (Fsp3) is 0.571. The summed E-state index contributed by atoms with van der Waals surface area (Å²) in [7, 11) is -3.41. The first kappa shape index (κ1) is 15.9. The van der Waals surface area contributed by atoms with Crippen LogP contribution in [-0.2, 0) is 16.6 Å². The van der Waals surface area contributed by atoms with Gasteiger partial charge in [-0.1, -0.05) is 25.8 Å². The highest BCUT2D eigenvalue weighted by atomic mass is 79.9. The van der Waals surface area contributed by atoms with E-state index in [9.17, 15) is 8.42 Å². The van der Waals surface area contributed by atoms with Gasteiger partial charge in [-0.3, -0.25) is 0 Å². The van der Waals surface area contributed by atoms with Crippen molar-refractivity contribution in [2.75, 3.05) is 13.1 Å². The first-order chi connectivity index (χ1) is 9.53. The average molecular weight is 361 g/mol. The van der Waals surface area contributed by atoms with Crippen molar-refractivity contribution >= 4 is 26.0 Å². The molecule has 0 atom stereocenters. The summed E-state index contributed by atoms with van der Waals surface area (Å²) in [5.41, 5.74) is 1.07. The van der Waals surface area contributed by atoms with Gasteiger partial charge < -0.3 is 5.32 Å². The minimum atomic E-state index is -3.41. The summed E-state index contributed by atoms with van der Waals surface area (Å²) in [4.78, 5) is 0.313. The van der Waals surface area contributed by atoms with Gasteiger partial charge in [0.05, 0.1) is 4.90 Å². The Morgan fingerprint density at radius 2 is 2.10 bits per heavy atom. The van der Waals surface area contributed by atoms with E-state index in [1.807, 2.05) is 19.1 Å². The lowest BCUT2D eigenvalue weighted by Crippen LogP contribution is -2.25. The molecule has 0 aromatic heterocycles. The Bertz CT molecular complexity index is 556. The molecule has 1 aliphatic carbocycles. The normalized spacial score (nSPS) is 15.5. The highest BCUT2D eigenvalue weighted by Crippen LogP contribution is 2.32. The number of benzene rings is 1. The quantitative estimate of drug-likeness (QED) is 0.749. The summed E-state index contributed by atoms with van der Waals surface area (Å²) in [6, 6.07) is 5.37. The molecule has 112 valence electrons. The summed E-state index contributed by atoms with van der Waals surface area (Å²) in [6.07, 6.45) is 3.42. The van der Waals surface area contributed by atoms with Crippen molar-refractivity contribution in [3.8, 4) is 0 Å². The topological polar surface area (TPSA) is 58.2 Å². The summed E-state index contributed by atoms with van der Waals surface area (Å²) in [6.45, 7) is 4.20. The van der Waals surface area contributed by atoms with E-state index in [4.69, 9.17) is 0 Å². The molecule has 2 N–H and O–H groups in total. The molecule has 20 heavy (non-hydrogen) atoms. The zero-order chi connectivity index (χ0) is 14.6. The van der Waals surface area contributed by atoms with Crippen LogP contribution in [0.1, 0.15) is 31.7 Å². The molecule has 6 heteroatoms. The van der Waals surface area contributed by atoms with Crippen molar-refractivity contribution in [1.82, 2.24) is 10.0 Å². The van der Waals surface area contributed by atoms with Crippen molar-refractivity contribution in [3.63, 3.8) is 0 Å². The lowest BCUT2D eigenvalue weighted by atomic mass is 10.2. The fourth-order valence-corrected chi connectivity index (χ4v) is 4.19. The highest BCUT2D eigenvalue weighted by molar-refractivity contribution is 9.10. The Morgan fingerprint density at radius 1 is 1.35 bits per heavy atom. The lowest BCUT2D eigenvalue weighted by Gasteiger charge is -2.10. The van der Waals surface area contributed by atoms with Crippen molar-refractivity contribution in [1.29, 1.82) is 0 Å². The van der Waals surface area contributed by atoms with E-state index in [2.05, 4.69) is 26.0 Å². The second-order valence-electron chi connectivity index (χ2n) is 5.17. The molecule has 1 aromatic rings. The van der Waals surface area contributed by atoms with Crippen LogP contribution in [0.2, 0.25) is 0 Å². The highest BCUT2D eigenvalue weighted by Gasteiger charge is 2.23. The van der Waals surface area contributed by atoms with Gasteiger partial charge in [0.1, 0.15) is 0 Å². The van der Waals surface area contributed by atoms with E-state index < -0.39 is 10.0 Å². The monoisotopic (exact) mass is 360 g/mol. The third kappa shape index (κ3) is 4.55. The van der Waals surface area contributed by atoms with Crippen molar-refractivity contribution in [2.45, 2.75) is 37.6 Å². The summed E-state index contributed by atoms with van der Waals surface area (Å²) >= 11 is 3.36. The predicted molar refractivity (Wildman–Crippen MR) is 84.1 cm³/mol. The largest absolute Gasteiger partial charge is 0.313 e. The molecule has 1 fully saturated rings. The summed E-state index contributed by atoms with van der Waals surface area (Å²) in [5, 5.41) is 3.22. The Morgan fingerprint density at radius 3 is 2.70 bits per heavy atom. The summed E-state index contributed by atoms with van der Waals surface area (Å²) in [5.74, 6) is 0.726. The molecule has 1 aromatic carbocycles. The Hall–Kier alpha value is -0.430. The first-order valence-corrected chi connectivity index (χ1v) is 9.29. The maximum atomic E-state index is 12.2. The molecule has 0 bridgehead atoms. The van der Waals surface area contributed by atoms with Gasteiger partial charge in [0, 0.05) is 17.6 Å². The second-order valence-corrected chi connectivity index (χ2v) is 7.76. The molecule has 0 saturated heterocycles. The van der Waals surface area contributed by atoms with Gasteiger partial charge in [0.25, 0.3) is 0 Å². The molecule has 0 radical (unpaired) electrons. The van der Waals surface area contributed by atoms with E-state index >= 15 is 0 Å². The van der Waals surface area contributed by atoms with Gasteiger partial charge in [0.15, 0.2) is 0 Å². The van der Waals surface area contributed by atoms with Crippen LogP contribution in [0.5, 0.6) is 0 Å². The molecule has 0 spiro atoms. The molecule has 0 aliphatic heterocycles. The van der Waals surface area contributed by atoms with E-state index in [1.165, 1.54) is 12.8 Å². The molecule has 0 unspecified atom stereocenters. The molecule has 1 aliphatic rings. The maximum absolute atomic E-state index is 12.2. The number of halogens is 1. The first-order valence-electron chi connectivity index (χ1n) is 7.01. The number of hydrogen-bond acceptors (Lipinski definition) is 3. The van der Waals surface area contributed by atoms with E-state index in [0.29, 0.717) is 15.9 Å². The molecule has 1 saturated carbocycles. The summed E-state index contributed by atoms with van der Waals surface area (Å²) < 4.78 is 27.7. The van der Waals surface area contributed by atoms with Gasteiger partial charge in [-0.15, -0.1) is 0 Å². The lowest BCUT2D eigenvalue weighted by molar-refractivity contribution is 0.574. The van der Waals surface area contributed by atoms with E-state index in [0.717, 1.165) is 31.0 Å². The van der Waals surface area contributed by atoms with Crippen LogP contribution in [-0.4, -0.2) is 21.5 Å². The average Bonchev–Trinajstić information content (AvgIpc) is 3.20. The molecular weight excluding hydrogens is 340 g/mol. The molecular formula is C14H21BrN2O2S. The van der Waals surface area contributed by atoms with Gasteiger partial charge in [-0.2, -0.15) is 0 Å². The molecule has 0 heterocycles. The molecule has 4 nitrogen and oxygen atoms in total. The van der Waals surface area contributed by atoms with Crippen LogP contribution in [0.3, 0.4) is 0 Å². The van der Waals surface area contributed by atoms with Crippen LogP contribution >= 0.6 is 15.9 Å². The van der Waals surface area contributed by atoms with E-state index in [1.54, 1.807) is 6.07 Å². The molecule has 0 amide bonds. The Balaban J connectivity index is 2.01. The zero-order valence-corrected chi connectivity index (χ0v) is 14.1. The van der Waals surface area contributed by atoms with E-state index in [-0.39, 0.29) is 0 Å². The standard InChI is InChI=1S/C14H21BrN2O2S/c1-2-16-10-12-5-6-14(13(15)9-12)20(18,19)17-8-7-11-3-4-11/h5-6,9,11,16-17H,2-4,7-8,10H2,1H3. The van der Waals surface area contributed by atoms with Gasteiger partial charge >= 0.3 is 0 Å². The Kier molecular flexibility index (Phi) is 5.60. The SMILES string of the molecule is CCNCc1ccc(S(=O)(=O)NCCC2CC2)c(Br)c1. The molecule has 2 rings (SSSR count). The third-order valence-corrected chi connectivity index (χ3v) is 5.84. The van der Waals surface area contributed by atoms with Crippen molar-refractivity contribution in [3.05, 3.63) is 28.2 Å². The van der Waals surface area contributed by atoms with Gasteiger partial charge in [-0.25, -0.2) is 13.1 Å². The third-order valence-electron chi connectivity index (χ3n) is 3.41. The Labute approximate surface area is 129 Å². The van der Waals surface area contributed by atoms with Gasteiger partial charge in [-0.05, 0) is 52.5 Å². The minimum Gasteiger partial charge on any atom is -0.313 e. The number of hydrogen-bond donors (Lipinski definition) is 2. The maximum Gasteiger partial charge on any atom is 0.241 e. The van der Waals surface area contributed by atoms with Gasteiger partial charge in [0.2, 0.25) is 10.0 Å². The minimum absolute atomic E-state index is 0.313. The number of rotatable bonds is 8. The van der Waals surface area contributed by atoms with Crippen LogP contribution in [0.25, 0.3) is 0 Å². The smallest absolute Gasteiger partial charge is 0.241 e. The van der Waals surface area contributed by atoms with Crippen LogP contribution < -0.4 is 10.0 Å². The number of nitrogens with one attached hydrogen (secondary N) is 2. The second kappa shape index (κ2) is 7.02. The van der Waals surface area contributed by atoms with Crippen LogP contribution in [0, 0.1) is 5.92 Å². The van der Waals surface area contributed by atoms with Crippen molar-refractivity contribution < 1.29 is 8.42 Å². The number of sulfonamides is 1. The zero-order valence-electron chi connectivity index (χ0n) is 11.7. The van der Waals surface area contributed by atoms with Crippen LogP contribution in [0.4, 0.5) is 0 Å². The van der Waals surface area contributed by atoms with Crippen LogP contribution in [0.15, 0.2) is 27.6 Å². The predicted octanol–water partition coefficient (Wildman–Crippen LogP) is 2.64.